The molecule has 116 valence electrons. The van der Waals surface area contributed by atoms with Crippen molar-refractivity contribution in [2.24, 2.45) is 0 Å². The van der Waals surface area contributed by atoms with Gasteiger partial charge in [0.1, 0.15) is 5.75 Å². The van der Waals surface area contributed by atoms with Crippen molar-refractivity contribution in [3.8, 4) is 5.75 Å². The van der Waals surface area contributed by atoms with Gasteiger partial charge in [-0.2, -0.15) is 0 Å². The number of carbonyl (C=O) groups is 1. The Balaban J connectivity index is 2.54. The van der Waals surface area contributed by atoms with E-state index in [9.17, 15) is 4.79 Å². The molecule has 21 heavy (non-hydrogen) atoms. The van der Waals surface area contributed by atoms with Crippen LogP contribution in [0.2, 0.25) is 0 Å². The number of aliphatic hydroxyl groups is 1. The van der Waals surface area contributed by atoms with Crippen LogP contribution in [0.15, 0.2) is 18.2 Å². The second-order valence-corrected chi connectivity index (χ2v) is 4.64. The average Bonchev–Trinajstić information content (AvgIpc) is 2.45. The molecule has 0 fully saturated rings. The summed E-state index contributed by atoms with van der Waals surface area (Å²) >= 11 is 0. The van der Waals surface area contributed by atoms with Gasteiger partial charge in [0.2, 0.25) is 5.91 Å². The highest BCUT2D eigenvalue weighted by Crippen LogP contribution is 2.22. The summed E-state index contributed by atoms with van der Waals surface area (Å²) in [6, 6.07) is 3.88. The first-order valence-corrected chi connectivity index (χ1v) is 6.88. The van der Waals surface area contributed by atoms with Crippen LogP contribution in [0.1, 0.15) is 16.7 Å². The van der Waals surface area contributed by atoms with Crippen molar-refractivity contribution in [1.82, 2.24) is 5.32 Å². The third-order valence-corrected chi connectivity index (χ3v) is 2.99. The Morgan fingerprint density at radius 3 is 2.52 bits per heavy atom. The van der Waals surface area contributed by atoms with Gasteiger partial charge in [-0.1, -0.05) is 0 Å². The van der Waals surface area contributed by atoms with Gasteiger partial charge in [-0.3, -0.25) is 4.79 Å². The number of rotatable bonds is 8. The highest BCUT2D eigenvalue weighted by atomic mass is 16.5. The maximum Gasteiger partial charge on any atom is 0.244 e. The maximum atomic E-state index is 11.7. The molecule has 0 heterocycles. The number of ether oxygens (including phenoxy) is 2. The summed E-state index contributed by atoms with van der Waals surface area (Å²) in [5.74, 6) is 0.643. The van der Waals surface area contributed by atoms with Crippen LogP contribution in [0.3, 0.4) is 0 Å². The van der Waals surface area contributed by atoms with E-state index in [1.54, 1.807) is 13.2 Å². The van der Waals surface area contributed by atoms with Crippen LogP contribution in [0.25, 0.3) is 6.08 Å². The number of amides is 1. The minimum absolute atomic E-state index is 0.0100. The maximum absolute atomic E-state index is 11.7. The highest BCUT2D eigenvalue weighted by Gasteiger charge is 2.03. The van der Waals surface area contributed by atoms with Crippen LogP contribution in [0.4, 0.5) is 0 Å². The molecule has 0 aliphatic carbocycles. The summed E-state index contributed by atoms with van der Waals surface area (Å²) in [7, 11) is 1.63. The third kappa shape index (κ3) is 5.97. The number of methoxy groups -OCH3 is 1. The molecule has 0 radical (unpaired) electrons. The Morgan fingerprint density at radius 2 is 1.95 bits per heavy atom. The van der Waals surface area contributed by atoms with Crippen LogP contribution in [0.5, 0.6) is 5.75 Å². The zero-order chi connectivity index (χ0) is 15.7. The van der Waals surface area contributed by atoms with E-state index >= 15 is 0 Å². The van der Waals surface area contributed by atoms with E-state index in [1.807, 2.05) is 26.0 Å². The fourth-order valence-electron chi connectivity index (χ4n) is 1.95. The topological polar surface area (TPSA) is 67.8 Å². The van der Waals surface area contributed by atoms with Crippen LogP contribution < -0.4 is 10.1 Å². The molecule has 0 atom stereocenters. The van der Waals surface area contributed by atoms with Gasteiger partial charge >= 0.3 is 0 Å². The molecule has 1 rings (SSSR count). The Morgan fingerprint density at radius 1 is 1.29 bits per heavy atom. The SMILES string of the molecule is COc1cc(C)c(/C=C/C(=O)NCCOCCO)c(C)c1. The van der Waals surface area contributed by atoms with E-state index in [-0.39, 0.29) is 19.1 Å². The summed E-state index contributed by atoms with van der Waals surface area (Å²) in [4.78, 5) is 11.7. The molecular weight excluding hydrogens is 270 g/mol. The molecule has 0 bridgehead atoms. The Kier molecular flexibility index (Phi) is 7.50. The van der Waals surface area contributed by atoms with E-state index in [0.717, 1.165) is 22.4 Å². The molecule has 5 nitrogen and oxygen atoms in total. The Labute approximate surface area is 125 Å². The number of aliphatic hydroxyl groups excluding tert-OH is 1. The standard InChI is InChI=1S/C16H23NO4/c1-12-10-14(20-3)11-13(2)15(12)4-5-16(19)17-6-8-21-9-7-18/h4-5,10-11,18H,6-9H2,1-3H3,(H,17,19)/b5-4+. The molecule has 2 N–H and O–H groups in total. The van der Waals surface area contributed by atoms with Crippen molar-refractivity contribution in [2.45, 2.75) is 13.8 Å². The molecule has 0 aromatic heterocycles. The van der Waals surface area contributed by atoms with Crippen molar-refractivity contribution in [3.05, 3.63) is 34.9 Å². The summed E-state index contributed by atoms with van der Waals surface area (Å²) < 4.78 is 10.3. The van der Waals surface area contributed by atoms with Gasteiger partial charge in [0.05, 0.1) is 26.9 Å². The number of hydrogen-bond donors (Lipinski definition) is 2. The molecule has 0 saturated heterocycles. The Hall–Kier alpha value is -1.85. The lowest BCUT2D eigenvalue weighted by atomic mass is 10.0. The van der Waals surface area contributed by atoms with Crippen LogP contribution in [0, 0.1) is 13.8 Å². The van der Waals surface area contributed by atoms with Gasteiger partial charge < -0.3 is 19.9 Å². The van der Waals surface area contributed by atoms with Gasteiger partial charge in [-0.15, -0.1) is 0 Å². The van der Waals surface area contributed by atoms with E-state index in [0.29, 0.717) is 13.2 Å². The quantitative estimate of drug-likeness (QED) is 0.562. The fourth-order valence-corrected chi connectivity index (χ4v) is 1.95. The molecule has 1 aromatic carbocycles. The summed E-state index contributed by atoms with van der Waals surface area (Å²) in [5, 5.41) is 11.3. The molecule has 0 saturated carbocycles. The van der Waals surface area contributed by atoms with Gasteiger partial charge in [0.15, 0.2) is 0 Å². The lowest BCUT2D eigenvalue weighted by Crippen LogP contribution is -2.25. The molecule has 1 amide bonds. The van der Waals surface area contributed by atoms with Gasteiger partial charge in [-0.25, -0.2) is 0 Å². The van der Waals surface area contributed by atoms with E-state index in [1.165, 1.54) is 6.08 Å². The van der Waals surface area contributed by atoms with E-state index < -0.39 is 0 Å². The van der Waals surface area contributed by atoms with Crippen molar-refractivity contribution in [3.63, 3.8) is 0 Å². The number of carbonyl (C=O) groups excluding carboxylic acids is 1. The molecule has 5 heteroatoms. The summed E-state index contributed by atoms with van der Waals surface area (Å²) in [6.07, 6.45) is 3.31. The molecular formula is C16H23NO4. The second kappa shape index (κ2) is 9.15. The minimum atomic E-state index is -0.169. The molecule has 0 aliphatic rings. The van der Waals surface area contributed by atoms with Gasteiger partial charge in [0, 0.05) is 12.6 Å². The van der Waals surface area contributed by atoms with Crippen molar-refractivity contribution >= 4 is 12.0 Å². The lowest BCUT2D eigenvalue weighted by Gasteiger charge is -2.09. The molecule has 0 aliphatic heterocycles. The predicted molar refractivity (Wildman–Crippen MR) is 82.4 cm³/mol. The first-order chi connectivity index (χ1) is 10.1. The summed E-state index contributed by atoms with van der Waals surface area (Å²) in [5.41, 5.74) is 3.13. The van der Waals surface area contributed by atoms with Crippen molar-refractivity contribution in [2.75, 3.05) is 33.5 Å². The van der Waals surface area contributed by atoms with E-state index in [2.05, 4.69) is 5.32 Å². The second-order valence-electron chi connectivity index (χ2n) is 4.64. The lowest BCUT2D eigenvalue weighted by molar-refractivity contribution is -0.116. The normalized spacial score (nSPS) is 10.9. The molecule has 0 unspecified atom stereocenters. The monoisotopic (exact) mass is 293 g/mol. The fraction of sp³-hybridized carbons (Fsp3) is 0.438. The highest BCUT2D eigenvalue weighted by molar-refractivity contribution is 5.92. The van der Waals surface area contributed by atoms with Crippen molar-refractivity contribution in [1.29, 1.82) is 0 Å². The minimum Gasteiger partial charge on any atom is -0.497 e. The van der Waals surface area contributed by atoms with Crippen LogP contribution >= 0.6 is 0 Å². The first kappa shape index (κ1) is 17.2. The third-order valence-electron chi connectivity index (χ3n) is 2.99. The number of benzene rings is 1. The van der Waals surface area contributed by atoms with Gasteiger partial charge in [-0.05, 0) is 48.7 Å². The van der Waals surface area contributed by atoms with Crippen LogP contribution in [-0.2, 0) is 9.53 Å². The number of aryl methyl sites for hydroxylation is 2. The van der Waals surface area contributed by atoms with Crippen molar-refractivity contribution < 1.29 is 19.4 Å². The largest absolute Gasteiger partial charge is 0.497 e. The number of hydrogen-bond acceptors (Lipinski definition) is 4. The van der Waals surface area contributed by atoms with Gasteiger partial charge in [0.25, 0.3) is 0 Å². The molecule has 0 spiro atoms. The average molecular weight is 293 g/mol. The summed E-state index contributed by atoms with van der Waals surface area (Å²) in [6.45, 7) is 5.05. The Bertz CT molecular complexity index is 474. The van der Waals surface area contributed by atoms with Crippen LogP contribution in [-0.4, -0.2) is 44.5 Å². The van der Waals surface area contributed by atoms with E-state index in [4.69, 9.17) is 14.6 Å². The first-order valence-electron chi connectivity index (χ1n) is 6.88. The zero-order valence-corrected chi connectivity index (χ0v) is 12.8. The zero-order valence-electron chi connectivity index (χ0n) is 12.8. The smallest absolute Gasteiger partial charge is 0.244 e. The number of nitrogens with one attached hydrogen (secondary N) is 1. The molecule has 1 aromatic rings. The predicted octanol–water partition coefficient (Wildman–Crippen LogP) is 1.45.